The Bertz CT molecular complexity index is 1120. The van der Waals surface area contributed by atoms with Crippen molar-refractivity contribution in [2.24, 2.45) is 0 Å². The highest BCUT2D eigenvalue weighted by Gasteiger charge is 2.47. The van der Waals surface area contributed by atoms with E-state index < -0.39 is 18.3 Å². The smallest absolute Gasteiger partial charge is 0.363 e. The van der Waals surface area contributed by atoms with E-state index in [1.807, 2.05) is 18.2 Å². The second-order valence-corrected chi connectivity index (χ2v) is 8.55. The molecule has 0 spiro atoms. The summed E-state index contributed by atoms with van der Waals surface area (Å²) in [6, 6.07) is 10.2. The second kappa shape index (κ2) is 8.53. The van der Waals surface area contributed by atoms with Gasteiger partial charge in [0.2, 0.25) is 0 Å². The minimum Gasteiger partial charge on any atom is -0.363 e. The summed E-state index contributed by atoms with van der Waals surface area (Å²) >= 11 is 0. The number of hydrogen-bond acceptors (Lipinski definition) is 4. The average Bonchev–Trinajstić information content (AvgIpc) is 3.27. The Morgan fingerprint density at radius 3 is 2.55 bits per heavy atom. The Morgan fingerprint density at radius 2 is 1.82 bits per heavy atom. The molecule has 3 atom stereocenters. The number of nitrogens with one attached hydrogen (secondary N) is 1. The molecule has 172 valence electrons. The third-order valence-electron chi connectivity index (χ3n) is 6.50. The second-order valence-electron chi connectivity index (χ2n) is 8.55. The maximum Gasteiger partial charge on any atom is 0.410 e. The summed E-state index contributed by atoms with van der Waals surface area (Å²) in [5.41, 5.74) is 1.83. The fourth-order valence-corrected chi connectivity index (χ4v) is 4.87. The van der Waals surface area contributed by atoms with Crippen molar-refractivity contribution in [3.05, 3.63) is 77.7 Å². The molecule has 0 bridgehead atoms. The highest BCUT2D eigenvalue weighted by molar-refractivity contribution is 5.99. The molecule has 1 N–H and O–H groups in total. The van der Waals surface area contributed by atoms with E-state index in [9.17, 15) is 18.0 Å². The minimum absolute atomic E-state index is 0.123. The SMILES string of the molecule is O=C(c1cnn2c1N[C@H](c1ccccc1)C[C@@H]2C(F)(F)F)N1CCCC[C@@H]1c1cccnc1. The van der Waals surface area contributed by atoms with Crippen molar-refractivity contribution < 1.29 is 18.0 Å². The number of halogens is 3. The summed E-state index contributed by atoms with van der Waals surface area (Å²) in [5, 5.41) is 7.20. The number of likely N-dealkylation sites (tertiary alicyclic amines) is 1. The van der Waals surface area contributed by atoms with Crippen LogP contribution in [0.1, 0.15) is 65.3 Å². The van der Waals surface area contributed by atoms with Gasteiger partial charge in [0.05, 0.1) is 18.3 Å². The standard InChI is InChI=1S/C24H24F3N5O/c25-24(26,27)21-13-19(16-7-2-1-3-8-16)30-22-18(15-29-32(21)22)23(33)31-12-5-4-10-20(31)17-9-6-11-28-14-17/h1-3,6-9,11,14-15,19-21,30H,4-5,10,12-13H2/t19-,20+,21+/m0/s1. The maximum atomic E-state index is 14.0. The van der Waals surface area contributed by atoms with Crippen LogP contribution in [-0.4, -0.2) is 38.3 Å². The minimum atomic E-state index is -4.49. The lowest BCUT2D eigenvalue weighted by atomic mass is 9.95. The van der Waals surface area contributed by atoms with E-state index in [4.69, 9.17) is 0 Å². The van der Waals surface area contributed by atoms with Crippen LogP contribution in [0.3, 0.4) is 0 Å². The average molecular weight is 455 g/mol. The van der Waals surface area contributed by atoms with Gasteiger partial charge in [-0.1, -0.05) is 36.4 Å². The van der Waals surface area contributed by atoms with Crippen molar-refractivity contribution in [1.29, 1.82) is 0 Å². The van der Waals surface area contributed by atoms with Crippen LogP contribution in [0, 0.1) is 0 Å². The van der Waals surface area contributed by atoms with Crippen molar-refractivity contribution >= 4 is 11.7 Å². The fraction of sp³-hybridized carbons (Fsp3) is 0.375. The van der Waals surface area contributed by atoms with Crippen LogP contribution >= 0.6 is 0 Å². The van der Waals surface area contributed by atoms with Crippen molar-refractivity contribution in [2.75, 3.05) is 11.9 Å². The van der Waals surface area contributed by atoms with Gasteiger partial charge in [-0.3, -0.25) is 9.78 Å². The number of hydrogen-bond donors (Lipinski definition) is 1. The normalized spacial score (nSPS) is 23.0. The summed E-state index contributed by atoms with van der Waals surface area (Å²) in [5.74, 6) is -0.190. The van der Waals surface area contributed by atoms with Crippen LogP contribution in [-0.2, 0) is 0 Å². The number of nitrogens with zero attached hydrogens (tertiary/aromatic N) is 4. The summed E-state index contributed by atoms with van der Waals surface area (Å²) in [6.07, 6.45) is 2.61. The lowest BCUT2D eigenvalue weighted by Crippen LogP contribution is -2.40. The monoisotopic (exact) mass is 455 g/mol. The lowest BCUT2D eigenvalue weighted by Gasteiger charge is -2.37. The number of fused-ring (bicyclic) bond motifs is 1. The van der Waals surface area contributed by atoms with Crippen LogP contribution in [0.25, 0.3) is 0 Å². The van der Waals surface area contributed by atoms with Gasteiger partial charge < -0.3 is 10.2 Å². The van der Waals surface area contributed by atoms with E-state index in [1.54, 1.807) is 41.6 Å². The number of anilines is 1. The van der Waals surface area contributed by atoms with E-state index in [-0.39, 0.29) is 29.8 Å². The number of rotatable bonds is 3. The Kier molecular flexibility index (Phi) is 5.55. The van der Waals surface area contributed by atoms with Gasteiger partial charge in [0.25, 0.3) is 5.91 Å². The summed E-state index contributed by atoms with van der Waals surface area (Å²) in [7, 11) is 0. The van der Waals surface area contributed by atoms with Crippen LogP contribution in [0.2, 0.25) is 0 Å². The molecular weight excluding hydrogens is 431 g/mol. The van der Waals surface area contributed by atoms with E-state index >= 15 is 0 Å². The van der Waals surface area contributed by atoms with Crippen LogP contribution in [0.15, 0.2) is 61.1 Å². The molecule has 1 saturated heterocycles. The first-order valence-corrected chi connectivity index (χ1v) is 11.1. The highest BCUT2D eigenvalue weighted by atomic mass is 19.4. The first-order valence-electron chi connectivity index (χ1n) is 11.1. The lowest BCUT2D eigenvalue weighted by molar-refractivity contribution is -0.173. The van der Waals surface area contributed by atoms with Gasteiger partial charge in [-0.2, -0.15) is 18.3 Å². The first-order chi connectivity index (χ1) is 15.9. The number of carbonyl (C=O) groups excluding carboxylic acids is 1. The molecular formula is C24H24F3N5O. The fourth-order valence-electron chi connectivity index (χ4n) is 4.87. The number of pyridine rings is 1. The van der Waals surface area contributed by atoms with Gasteiger partial charge in [0.1, 0.15) is 11.4 Å². The third kappa shape index (κ3) is 4.07. The van der Waals surface area contributed by atoms with Crippen LogP contribution in [0.5, 0.6) is 0 Å². The molecule has 1 fully saturated rings. The third-order valence-corrected chi connectivity index (χ3v) is 6.50. The molecule has 0 aliphatic carbocycles. The number of benzene rings is 1. The molecule has 3 aromatic rings. The Morgan fingerprint density at radius 1 is 1.03 bits per heavy atom. The Balaban J connectivity index is 1.51. The molecule has 2 aliphatic rings. The Hall–Kier alpha value is -3.36. The number of piperidine rings is 1. The zero-order valence-electron chi connectivity index (χ0n) is 17.9. The summed E-state index contributed by atoms with van der Waals surface area (Å²) in [4.78, 5) is 19.6. The van der Waals surface area contributed by atoms with Gasteiger partial charge in [-0.15, -0.1) is 0 Å². The van der Waals surface area contributed by atoms with Crippen LogP contribution in [0.4, 0.5) is 19.0 Å². The van der Waals surface area contributed by atoms with E-state index in [2.05, 4.69) is 15.4 Å². The van der Waals surface area contributed by atoms with Gasteiger partial charge in [0.15, 0.2) is 6.04 Å². The predicted molar refractivity (Wildman–Crippen MR) is 117 cm³/mol. The summed E-state index contributed by atoms with van der Waals surface area (Å²) in [6.45, 7) is 0.536. The predicted octanol–water partition coefficient (Wildman–Crippen LogP) is 5.31. The molecule has 1 amide bonds. The van der Waals surface area contributed by atoms with Gasteiger partial charge >= 0.3 is 6.18 Å². The van der Waals surface area contributed by atoms with Gasteiger partial charge in [-0.25, -0.2) is 4.68 Å². The number of aromatic nitrogens is 3. The number of carbonyl (C=O) groups is 1. The molecule has 2 aliphatic heterocycles. The molecule has 33 heavy (non-hydrogen) atoms. The molecule has 5 rings (SSSR count). The van der Waals surface area contributed by atoms with Crippen molar-refractivity contribution in [2.45, 2.75) is 50.0 Å². The van der Waals surface area contributed by atoms with Crippen molar-refractivity contribution in [3.8, 4) is 0 Å². The molecule has 0 radical (unpaired) electrons. The molecule has 0 saturated carbocycles. The molecule has 1 aromatic carbocycles. The molecule has 9 heteroatoms. The number of alkyl halides is 3. The molecule has 4 heterocycles. The van der Waals surface area contributed by atoms with Crippen LogP contribution < -0.4 is 5.32 Å². The Labute approximate surface area is 189 Å². The number of amides is 1. The zero-order valence-corrected chi connectivity index (χ0v) is 17.9. The maximum absolute atomic E-state index is 14.0. The quantitative estimate of drug-likeness (QED) is 0.582. The molecule has 6 nitrogen and oxygen atoms in total. The summed E-state index contributed by atoms with van der Waals surface area (Å²) < 4.78 is 42.8. The van der Waals surface area contributed by atoms with Gasteiger partial charge in [0, 0.05) is 25.4 Å². The van der Waals surface area contributed by atoms with Crippen molar-refractivity contribution in [3.63, 3.8) is 0 Å². The van der Waals surface area contributed by atoms with E-state index in [0.29, 0.717) is 6.54 Å². The van der Waals surface area contributed by atoms with E-state index in [1.165, 1.54) is 6.20 Å². The highest BCUT2D eigenvalue weighted by Crippen LogP contribution is 2.45. The van der Waals surface area contributed by atoms with Gasteiger partial charge in [-0.05, 0) is 36.5 Å². The zero-order chi connectivity index (χ0) is 23.0. The molecule has 0 unspecified atom stereocenters. The van der Waals surface area contributed by atoms with E-state index in [0.717, 1.165) is 35.1 Å². The largest absolute Gasteiger partial charge is 0.410 e. The topological polar surface area (TPSA) is 63.1 Å². The molecule has 2 aromatic heterocycles. The first kappa shape index (κ1) is 21.5. The van der Waals surface area contributed by atoms with Crippen molar-refractivity contribution in [1.82, 2.24) is 19.7 Å².